The van der Waals surface area contributed by atoms with Gasteiger partial charge in [-0.2, -0.15) is 0 Å². The Kier molecular flexibility index (Phi) is 5.26. The van der Waals surface area contributed by atoms with Gasteiger partial charge in [-0.3, -0.25) is 14.7 Å². The summed E-state index contributed by atoms with van der Waals surface area (Å²) in [4.78, 5) is 17.8. The number of likely N-dealkylation sites (tertiary alicyclic amines) is 1. The molecule has 0 saturated carbocycles. The van der Waals surface area contributed by atoms with Gasteiger partial charge >= 0.3 is 5.97 Å². The average Bonchev–Trinajstić information content (AvgIpc) is 2.71. The molecule has 1 saturated heterocycles. The predicted molar refractivity (Wildman–Crippen MR) is 108 cm³/mol. The molecule has 0 radical (unpaired) electrons. The molecule has 0 aliphatic carbocycles. The number of pyridine rings is 1. The van der Waals surface area contributed by atoms with Gasteiger partial charge in [0.1, 0.15) is 11.9 Å². The molecule has 0 bridgehead atoms. The second-order valence-corrected chi connectivity index (χ2v) is 7.25. The van der Waals surface area contributed by atoms with E-state index in [1.165, 1.54) is 6.92 Å². The molecule has 28 heavy (non-hydrogen) atoms. The molecule has 1 N–H and O–H groups in total. The minimum Gasteiger partial charge on any atom is -0.508 e. The number of fused-ring (bicyclic) bond motifs is 1. The van der Waals surface area contributed by atoms with Crippen LogP contribution in [0.3, 0.4) is 0 Å². The largest absolute Gasteiger partial charge is 0.508 e. The van der Waals surface area contributed by atoms with E-state index in [1.807, 2.05) is 30.3 Å². The number of benzene rings is 2. The fourth-order valence-corrected chi connectivity index (χ4v) is 4.16. The number of nitrogens with zero attached hydrogens (tertiary/aromatic N) is 2. The van der Waals surface area contributed by atoms with Crippen molar-refractivity contribution in [3.63, 3.8) is 0 Å². The van der Waals surface area contributed by atoms with Crippen LogP contribution in [0.25, 0.3) is 10.8 Å². The summed E-state index contributed by atoms with van der Waals surface area (Å²) in [6.45, 7) is 3.03. The quantitative estimate of drug-likeness (QED) is 0.696. The molecule has 2 heterocycles. The van der Waals surface area contributed by atoms with Crippen molar-refractivity contribution in [1.82, 2.24) is 9.88 Å². The summed E-state index contributed by atoms with van der Waals surface area (Å²) in [5.41, 5.74) is 2.00. The topological polar surface area (TPSA) is 62.7 Å². The Morgan fingerprint density at radius 1 is 1.11 bits per heavy atom. The van der Waals surface area contributed by atoms with Gasteiger partial charge in [0.2, 0.25) is 0 Å². The van der Waals surface area contributed by atoms with Gasteiger partial charge in [0.15, 0.2) is 0 Å². The third kappa shape index (κ3) is 3.71. The zero-order valence-electron chi connectivity index (χ0n) is 15.9. The summed E-state index contributed by atoms with van der Waals surface area (Å²) in [6, 6.07) is 15.8. The Morgan fingerprint density at radius 2 is 1.82 bits per heavy atom. The summed E-state index contributed by atoms with van der Waals surface area (Å²) < 4.78 is 5.40. The number of rotatable bonds is 4. The van der Waals surface area contributed by atoms with Gasteiger partial charge < -0.3 is 9.84 Å². The van der Waals surface area contributed by atoms with Crippen molar-refractivity contribution < 1.29 is 14.6 Å². The average molecular weight is 376 g/mol. The molecule has 1 unspecified atom stereocenters. The van der Waals surface area contributed by atoms with Crippen molar-refractivity contribution in [3.05, 3.63) is 72.1 Å². The highest BCUT2D eigenvalue weighted by Crippen LogP contribution is 2.40. The van der Waals surface area contributed by atoms with Crippen LogP contribution in [0.15, 0.2) is 60.9 Å². The summed E-state index contributed by atoms with van der Waals surface area (Å²) in [6.07, 6.45) is 5.11. The van der Waals surface area contributed by atoms with Crippen LogP contribution in [0.1, 0.15) is 36.9 Å². The number of hydrogen-bond donors (Lipinski definition) is 1. The van der Waals surface area contributed by atoms with Gasteiger partial charge in [0.05, 0.1) is 6.04 Å². The summed E-state index contributed by atoms with van der Waals surface area (Å²) in [5.74, 6) is 0.0680. The van der Waals surface area contributed by atoms with Crippen LogP contribution in [0.5, 0.6) is 5.75 Å². The SMILES string of the molecule is CC(=O)OC1CCN(C(c2ccncc2)c2c(O)ccc3ccccc23)CC1. The van der Waals surface area contributed by atoms with Crippen molar-refractivity contribution in [2.45, 2.75) is 31.9 Å². The third-order valence-electron chi connectivity index (χ3n) is 5.42. The first-order valence-electron chi connectivity index (χ1n) is 9.65. The molecule has 5 heteroatoms. The lowest BCUT2D eigenvalue weighted by molar-refractivity contribution is -0.148. The first kappa shape index (κ1) is 18.4. The normalized spacial score (nSPS) is 16.8. The molecule has 1 aromatic heterocycles. The number of phenols is 1. The maximum absolute atomic E-state index is 11.3. The molecule has 4 rings (SSSR count). The van der Waals surface area contributed by atoms with Gasteiger partial charge in [-0.05, 0) is 47.4 Å². The predicted octanol–water partition coefficient (Wildman–Crippen LogP) is 4.06. The van der Waals surface area contributed by atoms with E-state index in [-0.39, 0.29) is 18.1 Å². The lowest BCUT2D eigenvalue weighted by Crippen LogP contribution is -2.40. The molecule has 0 amide bonds. The van der Waals surface area contributed by atoms with Crippen LogP contribution in [0.4, 0.5) is 0 Å². The van der Waals surface area contributed by atoms with Crippen LogP contribution in [-0.2, 0) is 9.53 Å². The van der Waals surface area contributed by atoms with Crippen LogP contribution in [-0.4, -0.2) is 40.2 Å². The van der Waals surface area contributed by atoms with E-state index in [0.717, 1.165) is 47.8 Å². The van der Waals surface area contributed by atoms with Gasteiger partial charge in [-0.25, -0.2) is 0 Å². The Morgan fingerprint density at radius 3 is 2.54 bits per heavy atom. The minimum atomic E-state index is -0.226. The smallest absolute Gasteiger partial charge is 0.302 e. The van der Waals surface area contributed by atoms with E-state index < -0.39 is 0 Å². The maximum atomic E-state index is 11.3. The summed E-state index contributed by atoms with van der Waals surface area (Å²) in [7, 11) is 0. The fraction of sp³-hybridized carbons (Fsp3) is 0.304. The highest BCUT2D eigenvalue weighted by atomic mass is 16.5. The van der Waals surface area contributed by atoms with Crippen LogP contribution in [0, 0.1) is 0 Å². The van der Waals surface area contributed by atoms with Crippen molar-refractivity contribution in [2.24, 2.45) is 0 Å². The number of hydrogen-bond acceptors (Lipinski definition) is 5. The molecule has 3 aromatic rings. The Bertz CT molecular complexity index is 966. The molecular formula is C23H24N2O3. The van der Waals surface area contributed by atoms with Crippen molar-refractivity contribution in [2.75, 3.05) is 13.1 Å². The molecule has 5 nitrogen and oxygen atoms in total. The summed E-state index contributed by atoms with van der Waals surface area (Å²) >= 11 is 0. The van der Waals surface area contributed by atoms with Gasteiger partial charge in [0, 0.05) is 38.0 Å². The second kappa shape index (κ2) is 7.98. The zero-order chi connectivity index (χ0) is 19.5. The van der Waals surface area contributed by atoms with Crippen molar-refractivity contribution in [1.29, 1.82) is 0 Å². The number of carbonyl (C=O) groups excluding carboxylic acids is 1. The molecule has 1 aliphatic heterocycles. The highest BCUT2D eigenvalue weighted by Gasteiger charge is 2.31. The van der Waals surface area contributed by atoms with E-state index in [0.29, 0.717) is 5.75 Å². The van der Waals surface area contributed by atoms with Crippen molar-refractivity contribution >= 4 is 16.7 Å². The first-order valence-corrected chi connectivity index (χ1v) is 9.65. The second-order valence-electron chi connectivity index (χ2n) is 7.25. The van der Waals surface area contributed by atoms with Gasteiger partial charge in [-0.1, -0.05) is 30.3 Å². The maximum Gasteiger partial charge on any atom is 0.302 e. The Balaban J connectivity index is 1.75. The third-order valence-corrected chi connectivity index (χ3v) is 5.42. The van der Waals surface area contributed by atoms with Crippen LogP contribution in [0.2, 0.25) is 0 Å². The molecule has 1 atom stereocenters. The lowest BCUT2D eigenvalue weighted by atomic mass is 9.90. The number of ether oxygens (including phenoxy) is 1. The highest BCUT2D eigenvalue weighted by molar-refractivity contribution is 5.88. The lowest BCUT2D eigenvalue weighted by Gasteiger charge is -2.38. The molecule has 144 valence electrons. The van der Waals surface area contributed by atoms with E-state index in [4.69, 9.17) is 4.74 Å². The first-order chi connectivity index (χ1) is 13.6. The van der Waals surface area contributed by atoms with Crippen LogP contribution < -0.4 is 0 Å². The number of esters is 1. The molecule has 2 aromatic carbocycles. The standard InChI is InChI=1S/C23H24N2O3/c1-16(26)28-19-10-14-25(15-11-19)23(18-8-12-24-13-9-18)22-20-5-3-2-4-17(20)6-7-21(22)27/h2-9,12-13,19,23,27H,10-11,14-15H2,1H3. The number of phenolic OH excluding ortho intramolecular Hbond substituents is 1. The molecule has 1 fully saturated rings. The number of carbonyl (C=O) groups is 1. The fourth-order valence-electron chi connectivity index (χ4n) is 4.16. The zero-order valence-corrected chi connectivity index (χ0v) is 15.9. The van der Waals surface area contributed by atoms with Gasteiger partial charge in [0.25, 0.3) is 0 Å². The molecule has 0 spiro atoms. The van der Waals surface area contributed by atoms with E-state index >= 15 is 0 Å². The number of piperidine rings is 1. The van der Waals surface area contributed by atoms with Gasteiger partial charge in [-0.15, -0.1) is 0 Å². The number of aromatic nitrogens is 1. The van der Waals surface area contributed by atoms with Crippen LogP contribution >= 0.6 is 0 Å². The van der Waals surface area contributed by atoms with Crippen molar-refractivity contribution in [3.8, 4) is 5.75 Å². The Hall–Kier alpha value is -2.92. The summed E-state index contributed by atoms with van der Waals surface area (Å²) in [5, 5.41) is 13.0. The molecular weight excluding hydrogens is 352 g/mol. The monoisotopic (exact) mass is 376 g/mol. The Labute approximate surface area is 164 Å². The van der Waals surface area contributed by atoms with E-state index in [1.54, 1.807) is 18.5 Å². The minimum absolute atomic E-state index is 0.0343. The number of aromatic hydroxyl groups is 1. The van der Waals surface area contributed by atoms with E-state index in [9.17, 15) is 9.90 Å². The molecule has 1 aliphatic rings. The van der Waals surface area contributed by atoms with E-state index in [2.05, 4.69) is 22.0 Å².